The lowest BCUT2D eigenvalue weighted by Crippen LogP contribution is -2.27. The van der Waals surface area contributed by atoms with Gasteiger partial charge in [0.25, 0.3) is 0 Å². The van der Waals surface area contributed by atoms with Crippen molar-refractivity contribution in [3.05, 3.63) is 24.0 Å². The molecule has 0 saturated carbocycles. The van der Waals surface area contributed by atoms with E-state index in [4.69, 9.17) is 5.11 Å². The van der Waals surface area contributed by atoms with Gasteiger partial charge in [0.2, 0.25) is 0 Å². The van der Waals surface area contributed by atoms with Crippen LogP contribution in [0.1, 0.15) is 5.69 Å². The van der Waals surface area contributed by atoms with E-state index in [0.717, 1.165) is 0 Å². The van der Waals surface area contributed by atoms with Gasteiger partial charge in [0.1, 0.15) is 0 Å². The first-order chi connectivity index (χ1) is 7.49. The number of carbonyl (C=O) groups is 2. The van der Waals surface area contributed by atoms with Crippen molar-refractivity contribution in [3.8, 4) is 0 Å². The third kappa shape index (κ3) is 3.56. The zero-order valence-corrected chi connectivity index (χ0v) is 9.10. The van der Waals surface area contributed by atoms with Gasteiger partial charge >= 0.3 is 12.0 Å². The Morgan fingerprint density at radius 2 is 2.12 bits per heavy atom. The zero-order chi connectivity index (χ0) is 12.1. The highest BCUT2D eigenvalue weighted by Crippen LogP contribution is 2.07. The normalized spacial score (nSPS) is 9.62. The maximum absolute atomic E-state index is 11.3. The topological polar surface area (TPSA) is 82.5 Å². The van der Waals surface area contributed by atoms with Gasteiger partial charge < -0.3 is 15.3 Å². The molecule has 0 aromatic carbocycles. The summed E-state index contributed by atoms with van der Waals surface area (Å²) in [6.07, 6.45) is 1.31. The van der Waals surface area contributed by atoms with Crippen LogP contribution in [0.15, 0.2) is 18.3 Å². The van der Waals surface area contributed by atoms with Crippen LogP contribution in [-0.4, -0.2) is 41.1 Å². The average molecular weight is 223 g/mol. The number of aliphatic carboxylic acids is 1. The van der Waals surface area contributed by atoms with E-state index in [0.29, 0.717) is 11.4 Å². The second-order valence-electron chi connectivity index (χ2n) is 3.43. The number of rotatable bonds is 3. The molecule has 0 aliphatic heterocycles. The van der Waals surface area contributed by atoms with Crippen LogP contribution < -0.4 is 5.32 Å². The van der Waals surface area contributed by atoms with Gasteiger partial charge in [-0.25, -0.2) is 4.79 Å². The second kappa shape index (κ2) is 5.11. The molecule has 6 nitrogen and oxygen atoms in total. The highest BCUT2D eigenvalue weighted by atomic mass is 16.4. The molecule has 1 heterocycles. The summed E-state index contributed by atoms with van der Waals surface area (Å²) in [5.74, 6) is -0.933. The van der Waals surface area contributed by atoms with E-state index in [1.807, 2.05) is 0 Å². The number of carbonyl (C=O) groups excluding carboxylic acids is 1. The Kier molecular flexibility index (Phi) is 3.82. The highest BCUT2D eigenvalue weighted by Gasteiger charge is 2.05. The number of carboxylic acid groups (broad SMARTS) is 1. The molecule has 0 aliphatic carbocycles. The Bertz CT molecular complexity index is 387. The summed E-state index contributed by atoms with van der Waals surface area (Å²) >= 11 is 0. The van der Waals surface area contributed by atoms with Crippen molar-refractivity contribution in [1.82, 2.24) is 9.88 Å². The summed E-state index contributed by atoms with van der Waals surface area (Å²) in [5, 5.41) is 11.1. The van der Waals surface area contributed by atoms with Crippen molar-refractivity contribution in [2.75, 3.05) is 19.4 Å². The first kappa shape index (κ1) is 12.0. The minimum Gasteiger partial charge on any atom is -0.481 e. The maximum atomic E-state index is 11.3. The van der Waals surface area contributed by atoms with E-state index in [1.54, 1.807) is 26.2 Å². The number of hydrogen-bond donors (Lipinski definition) is 2. The van der Waals surface area contributed by atoms with Gasteiger partial charge in [-0.1, -0.05) is 0 Å². The summed E-state index contributed by atoms with van der Waals surface area (Å²) in [7, 11) is 3.25. The van der Waals surface area contributed by atoms with Crippen LogP contribution in [0.3, 0.4) is 0 Å². The standard InChI is InChI=1S/C10H13N3O3/c1-13(2)10(16)12-8-4-3-7(11-6-8)5-9(14)15/h3-4,6H,5H2,1-2H3,(H,12,16)(H,14,15). The van der Waals surface area contributed by atoms with Crippen LogP contribution in [0.4, 0.5) is 10.5 Å². The highest BCUT2D eigenvalue weighted by molar-refractivity contribution is 5.88. The summed E-state index contributed by atoms with van der Waals surface area (Å²) in [4.78, 5) is 27.0. The summed E-state index contributed by atoms with van der Waals surface area (Å²) < 4.78 is 0. The first-order valence-corrected chi connectivity index (χ1v) is 4.64. The number of amides is 2. The fourth-order valence-electron chi connectivity index (χ4n) is 0.993. The van der Waals surface area contributed by atoms with Crippen molar-refractivity contribution >= 4 is 17.7 Å². The van der Waals surface area contributed by atoms with E-state index in [2.05, 4.69) is 10.3 Å². The Labute approximate surface area is 92.9 Å². The van der Waals surface area contributed by atoms with Crippen molar-refractivity contribution in [3.63, 3.8) is 0 Å². The largest absolute Gasteiger partial charge is 0.481 e. The van der Waals surface area contributed by atoms with Crippen LogP contribution in [0, 0.1) is 0 Å². The molecule has 16 heavy (non-hydrogen) atoms. The molecule has 6 heteroatoms. The number of nitrogens with zero attached hydrogens (tertiary/aromatic N) is 2. The van der Waals surface area contributed by atoms with Crippen molar-refractivity contribution in [1.29, 1.82) is 0 Å². The van der Waals surface area contributed by atoms with Crippen molar-refractivity contribution in [2.24, 2.45) is 0 Å². The molecule has 2 N–H and O–H groups in total. The van der Waals surface area contributed by atoms with Gasteiger partial charge in [0.05, 0.1) is 24.0 Å². The fraction of sp³-hybridized carbons (Fsp3) is 0.300. The third-order valence-electron chi connectivity index (χ3n) is 1.81. The Morgan fingerprint density at radius 1 is 1.44 bits per heavy atom. The molecule has 0 atom stereocenters. The molecule has 1 rings (SSSR count). The number of hydrogen-bond acceptors (Lipinski definition) is 3. The molecule has 1 aromatic heterocycles. The van der Waals surface area contributed by atoms with Crippen LogP contribution in [0.2, 0.25) is 0 Å². The second-order valence-corrected chi connectivity index (χ2v) is 3.43. The minimum atomic E-state index is -0.933. The molecule has 0 saturated heterocycles. The SMILES string of the molecule is CN(C)C(=O)Nc1ccc(CC(=O)O)nc1. The zero-order valence-electron chi connectivity index (χ0n) is 9.10. The summed E-state index contributed by atoms with van der Waals surface area (Å²) in [6, 6.07) is 2.93. The van der Waals surface area contributed by atoms with Crippen LogP contribution in [0.25, 0.3) is 0 Å². The van der Waals surface area contributed by atoms with E-state index in [-0.39, 0.29) is 12.5 Å². The number of anilines is 1. The molecule has 0 unspecified atom stereocenters. The maximum Gasteiger partial charge on any atom is 0.321 e. The summed E-state index contributed by atoms with van der Waals surface area (Å²) in [6.45, 7) is 0. The Balaban J connectivity index is 2.64. The molecule has 0 aliphatic rings. The molecular formula is C10H13N3O3. The molecule has 2 amide bonds. The lowest BCUT2D eigenvalue weighted by Gasteiger charge is -2.11. The van der Waals surface area contributed by atoms with Crippen LogP contribution in [-0.2, 0) is 11.2 Å². The van der Waals surface area contributed by atoms with Gasteiger partial charge in [0, 0.05) is 14.1 Å². The average Bonchev–Trinajstić information content (AvgIpc) is 2.20. The molecule has 0 bridgehead atoms. The lowest BCUT2D eigenvalue weighted by molar-refractivity contribution is -0.136. The van der Waals surface area contributed by atoms with Crippen LogP contribution >= 0.6 is 0 Å². The molecule has 1 aromatic rings. The van der Waals surface area contributed by atoms with Crippen molar-refractivity contribution < 1.29 is 14.7 Å². The van der Waals surface area contributed by atoms with Gasteiger partial charge in [-0.15, -0.1) is 0 Å². The van der Waals surface area contributed by atoms with Crippen molar-refractivity contribution in [2.45, 2.75) is 6.42 Å². The van der Waals surface area contributed by atoms with E-state index in [1.165, 1.54) is 11.1 Å². The Hall–Kier alpha value is -2.11. The molecular weight excluding hydrogens is 210 g/mol. The molecule has 0 fully saturated rings. The predicted molar refractivity (Wildman–Crippen MR) is 58.3 cm³/mol. The summed E-state index contributed by atoms with van der Waals surface area (Å²) in [5.41, 5.74) is 0.989. The third-order valence-corrected chi connectivity index (χ3v) is 1.81. The fourth-order valence-corrected chi connectivity index (χ4v) is 0.993. The quantitative estimate of drug-likeness (QED) is 0.794. The monoisotopic (exact) mass is 223 g/mol. The smallest absolute Gasteiger partial charge is 0.321 e. The molecule has 0 radical (unpaired) electrons. The minimum absolute atomic E-state index is 0.123. The molecule has 0 spiro atoms. The number of aromatic nitrogens is 1. The van der Waals surface area contributed by atoms with Crippen LogP contribution in [0.5, 0.6) is 0 Å². The van der Waals surface area contributed by atoms with Gasteiger partial charge in [0.15, 0.2) is 0 Å². The van der Waals surface area contributed by atoms with E-state index < -0.39 is 5.97 Å². The molecule has 86 valence electrons. The number of carboxylic acids is 1. The lowest BCUT2D eigenvalue weighted by atomic mass is 10.2. The van der Waals surface area contributed by atoms with Gasteiger partial charge in [-0.2, -0.15) is 0 Å². The van der Waals surface area contributed by atoms with E-state index >= 15 is 0 Å². The van der Waals surface area contributed by atoms with E-state index in [9.17, 15) is 9.59 Å². The van der Waals surface area contributed by atoms with Gasteiger partial charge in [-0.3, -0.25) is 9.78 Å². The predicted octanol–water partition coefficient (Wildman–Crippen LogP) is 0.802. The number of nitrogens with one attached hydrogen (secondary N) is 1. The first-order valence-electron chi connectivity index (χ1n) is 4.64. The van der Waals surface area contributed by atoms with Gasteiger partial charge in [-0.05, 0) is 12.1 Å². The number of urea groups is 1. The number of pyridine rings is 1. The Morgan fingerprint density at radius 3 is 2.56 bits per heavy atom.